The lowest BCUT2D eigenvalue weighted by Crippen LogP contribution is -2.61. The van der Waals surface area contributed by atoms with E-state index in [-0.39, 0.29) is 56.7 Å². The van der Waals surface area contributed by atoms with E-state index >= 15 is 0 Å². The van der Waals surface area contributed by atoms with Crippen LogP contribution in [0.5, 0.6) is 0 Å². The molecular weight excluding hydrogens is 1310 g/mol. The molecule has 5 nitrogen and oxygen atoms in total. The Morgan fingerprint density at radius 2 is 0.796 bits per heavy atom. The fraction of sp³-hybridized carbons (Fsp3) is 0.118. The van der Waals surface area contributed by atoms with Crippen molar-refractivity contribution in [1.82, 2.24) is 9.13 Å². The molecule has 0 N–H and O–H groups in total. The first-order chi connectivity index (χ1) is 57.1. The summed E-state index contributed by atoms with van der Waals surface area (Å²) in [6.45, 7) is 19.0. The summed E-state index contributed by atoms with van der Waals surface area (Å²) in [5, 5.41) is 8.95. The van der Waals surface area contributed by atoms with Gasteiger partial charge in [0.15, 0.2) is 0 Å². The first-order valence-electron chi connectivity index (χ1n) is 42.8. The summed E-state index contributed by atoms with van der Waals surface area (Å²) in [7, 11) is 0. The van der Waals surface area contributed by atoms with Crippen molar-refractivity contribution in [3.05, 3.63) is 332 Å². The predicted molar refractivity (Wildman–Crippen MR) is 460 cm³/mol. The maximum atomic E-state index is 12.0. The number of furan rings is 1. The number of anilines is 6. The average Bonchev–Trinajstić information content (AvgIpc) is 1.67. The summed E-state index contributed by atoms with van der Waals surface area (Å²) in [6, 6.07) is 82.7. The average molecular weight is 1400 g/mol. The molecule has 6 heteroatoms. The number of para-hydroxylation sites is 3. The van der Waals surface area contributed by atoms with Crippen molar-refractivity contribution in [2.45, 2.75) is 78.6 Å². The minimum absolute atomic E-state index is 0.00150. The first-order valence-corrected chi connectivity index (χ1v) is 37.3. The quantitative estimate of drug-likeness (QED) is 0.112. The molecule has 0 saturated carbocycles. The van der Waals surface area contributed by atoms with Gasteiger partial charge < -0.3 is 23.4 Å². The van der Waals surface area contributed by atoms with Gasteiger partial charge in [-0.15, -0.1) is 0 Å². The van der Waals surface area contributed by atoms with Crippen LogP contribution in [0.3, 0.4) is 0 Å². The van der Waals surface area contributed by atoms with Gasteiger partial charge in [0, 0.05) is 83.7 Å². The lowest BCUT2D eigenvalue weighted by molar-refractivity contribution is 0.590. The Balaban J connectivity index is 0.976. The van der Waals surface area contributed by atoms with Crippen molar-refractivity contribution < 1.29 is 19.5 Å². The van der Waals surface area contributed by atoms with Crippen LogP contribution in [0.25, 0.3) is 143 Å². The standard InChI is InChI=1S/C102H79BN4O/c1-100(2,3)69-54-79(62-29-14-10-15-30-62)96(80(55-69)63-31-16-11-17-32-63)106-87-60-72(105-86-44-27-24-41-76(86)94-78-50-47-67-38-28-37-66-45-46-68(53-88(94)105)93(78)92(66)67)49-52-83(87)103-95-89(106)58-71(102(7,8)9)59-90(95)107(97-81(64-33-18-12-19-34-64)56-70(101(4,5)6)57-82(97)65-35-20-13-21-36-65)98-77-51-48-73(61-91(77)108-99(98)103)104-84-42-25-22-39-74(84)75-40-23-26-43-85(75)104/h10-61H,1-9H3/i22D,23D,25D,26D,39D,40D,42D,43D,49D,52D,60D. The summed E-state index contributed by atoms with van der Waals surface area (Å²) in [6.07, 6.45) is 0. The number of fused-ring (bicyclic) bond motifs is 13. The number of hydrogen-bond donors (Lipinski definition) is 0. The molecule has 0 spiro atoms. The van der Waals surface area contributed by atoms with Crippen molar-refractivity contribution >= 4 is 144 Å². The fourth-order valence-electron chi connectivity index (χ4n) is 17.5. The Morgan fingerprint density at radius 3 is 1.35 bits per heavy atom. The lowest BCUT2D eigenvalue weighted by atomic mass is 9.35. The zero-order valence-corrected chi connectivity index (χ0v) is 61.4. The third-order valence-corrected chi connectivity index (χ3v) is 22.8. The maximum absolute atomic E-state index is 12.0. The van der Waals surface area contributed by atoms with Crippen LogP contribution in [-0.2, 0) is 16.2 Å². The molecule has 0 radical (unpaired) electrons. The zero-order valence-electron chi connectivity index (χ0n) is 72.4. The fourth-order valence-corrected chi connectivity index (χ4v) is 17.5. The lowest BCUT2D eigenvalue weighted by Gasteiger charge is -2.45. The molecule has 0 aliphatic carbocycles. The van der Waals surface area contributed by atoms with Crippen molar-refractivity contribution in [3.8, 4) is 55.9 Å². The molecule has 2 aliphatic rings. The van der Waals surface area contributed by atoms with Crippen LogP contribution < -0.4 is 26.4 Å². The number of aromatic nitrogens is 2. The van der Waals surface area contributed by atoms with Crippen LogP contribution in [0.4, 0.5) is 34.1 Å². The Labute approximate surface area is 645 Å². The largest absolute Gasteiger partial charge is 0.468 e. The molecular formula is C102H79BN4O. The van der Waals surface area contributed by atoms with Gasteiger partial charge in [-0.05, 0) is 183 Å². The molecule has 3 aromatic heterocycles. The van der Waals surface area contributed by atoms with Gasteiger partial charge in [0.1, 0.15) is 5.58 Å². The molecule has 21 rings (SSSR count). The van der Waals surface area contributed by atoms with E-state index in [2.05, 4.69) is 271 Å². The van der Waals surface area contributed by atoms with Crippen LogP contribution in [-0.4, -0.2) is 15.8 Å². The second-order valence-electron chi connectivity index (χ2n) is 32.3. The van der Waals surface area contributed by atoms with Crippen LogP contribution in [0.1, 0.15) is 94.1 Å². The molecule has 0 bridgehead atoms. The molecule has 0 atom stereocenters. The minimum atomic E-state index is -1.08. The summed E-state index contributed by atoms with van der Waals surface area (Å²) in [4.78, 5) is 4.66. The van der Waals surface area contributed by atoms with Gasteiger partial charge in [0.2, 0.25) is 0 Å². The monoisotopic (exact) mass is 1400 g/mol. The van der Waals surface area contributed by atoms with E-state index in [0.717, 1.165) is 138 Å². The van der Waals surface area contributed by atoms with Crippen molar-refractivity contribution in [3.63, 3.8) is 0 Å². The normalized spacial score (nSPS) is 14.6. The summed E-state index contributed by atoms with van der Waals surface area (Å²) in [5.41, 5.74) is 16.7. The van der Waals surface area contributed by atoms with Crippen LogP contribution in [0.15, 0.2) is 320 Å². The van der Waals surface area contributed by atoms with Gasteiger partial charge >= 0.3 is 0 Å². The molecule has 0 fully saturated rings. The van der Waals surface area contributed by atoms with Crippen LogP contribution in [0.2, 0.25) is 0 Å². The summed E-state index contributed by atoms with van der Waals surface area (Å²) in [5.74, 6) is 0. The van der Waals surface area contributed by atoms with Gasteiger partial charge in [-0.1, -0.05) is 287 Å². The number of nitrogens with zero attached hydrogens (tertiary/aromatic N) is 4. The smallest absolute Gasteiger partial charge is 0.297 e. The molecule has 16 aromatic carbocycles. The second kappa shape index (κ2) is 23.4. The third kappa shape index (κ3) is 9.58. The highest BCUT2D eigenvalue weighted by Gasteiger charge is 2.49. The highest BCUT2D eigenvalue weighted by molar-refractivity contribution is 7.00. The highest BCUT2D eigenvalue weighted by Crippen LogP contribution is 2.57. The van der Waals surface area contributed by atoms with Gasteiger partial charge in [0.05, 0.1) is 59.9 Å². The third-order valence-electron chi connectivity index (χ3n) is 22.8. The summed E-state index contributed by atoms with van der Waals surface area (Å²) < 4.78 is 121. The Bertz CT molecular complexity index is 7410. The molecule has 108 heavy (non-hydrogen) atoms. The van der Waals surface area contributed by atoms with Gasteiger partial charge in [-0.3, -0.25) is 0 Å². The van der Waals surface area contributed by atoms with E-state index in [0.29, 0.717) is 39.2 Å². The topological polar surface area (TPSA) is 29.5 Å². The van der Waals surface area contributed by atoms with Crippen molar-refractivity contribution in [1.29, 1.82) is 0 Å². The molecule has 5 heterocycles. The van der Waals surface area contributed by atoms with E-state index in [4.69, 9.17) is 7.16 Å². The number of hydrogen-bond acceptors (Lipinski definition) is 3. The van der Waals surface area contributed by atoms with Crippen molar-refractivity contribution in [2.24, 2.45) is 0 Å². The van der Waals surface area contributed by atoms with E-state index < -0.39 is 65.9 Å². The number of rotatable bonds is 8. The van der Waals surface area contributed by atoms with Crippen LogP contribution >= 0.6 is 0 Å². The van der Waals surface area contributed by atoms with Gasteiger partial charge in [0.25, 0.3) is 6.71 Å². The van der Waals surface area contributed by atoms with E-state index in [1.54, 1.807) is 6.07 Å². The highest BCUT2D eigenvalue weighted by atomic mass is 16.3. The Kier molecular flexibility index (Phi) is 11.5. The van der Waals surface area contributed by atoms with Gasteiger partial charge in [-0.2, -0.15) is 0 Å². The van der Waals surface area contributed by atoms with E-state index in [9.17, 15) is 12.3 Å². The van der Waals surface area contributed by atoms with Gasteiger partial charge in [-0.25, -0.2) is 0 Å². The van der Waals surface area contributed by atoms with Crippen LogP contribution in [0, 0.1) is 0 Å². The maximum Gasteiger partial charge on any atom is 0.297 e. The SMILES string of the molecule is [2H]c1c([2H])c(-n2c3ccccc3c3c4ccc5cccc6ccc(cc32)c4c65)c([2H])c2c1B1c3oc4cc(-n5c6c([2H])c([2H])c([2H])c([2H])c6c6c([2H])c([2H])c([2H])c([2H])c65)ccc4c3N(c3c(-c4ccccc4)cc(C(C)(C)C)cc3-c3ccccc3)c3cc(C(C)(C)C)cc(c31)N2c1c(-c2ccccc2)cc(C(C)(C)C)cc1-c1ccccc1. The molecule has 0 amide bonds. The Hall–Kier alpha value is -12.6. The zero-order chi connectivity index (χ0) is 82.4. The molecule has 0 saturated heterocycles. The van der Waals surface area contributed by atoms with E-state index in [1.165, 1.54) is 4.57 Å². The van der Waals surface area contributed by atoms with Crippen molar-refractivity contribution in [2.75, 3.05) is 9.80 Å². The molecule has 0 unspecified atom stereocenters. The molecule has 2 aliphatic heterocycles. The second-order valence-corrected chi connectivity index (χ2v) is 32.3. The molecule has 516 valence electrons. The summed E-state index contributed by atoms with van der Waals surface area (Å²) >= 11 is 0. The minimum Gasteiger partial charge on any atom is -0.468 e. The number of benzene rings is 16. The first kappa shape index (κ1) is 53.2. The van der Waals surface area contributed by atoms with E-state index in [1.807, 2.05) is 48.5 Å². The Morgan fingerprint density at radius 1 is 0.324 bits per heavy atom. The molecule has 19 aromatic rings. The predicted octanol–water partition coefficient (Wildman–Crippen LogP) is 26.2.